The monoisotopic (exact) mass is 154 g/mol. The fraction of sp³-hybridized carbons (Fsp3) is 1.00. The van der Waals surface area contributed by atoms with Crippen LogP contribution in [-0.2, 0) is 4.52 Å². The summed E-state index contributed by atoms with van der Waals surface area (Å²) in [5.41, 5.74) is 0. The first-order chi connectivity index (χ1) is 3.81. The second-order valence-corrected chi connectivity index (χ2v) is 4.12. The lowest BCUT2D eigenvalue weighted by molar-refractivity contribution is 0.359. The molecule has 0 amide bonds. The van der Waals surface area contributed by atoms with Crippen LogP contribution in [0.5, 0.6) is 0 Å². The van der Waals surface area contributed by atoms with E-state index in [1.54, 1.807) is 0 Å². The van der Waals surface area contributed by atoms with E-state index in [1.165, 1.54) is 0 Å². The Labute approximate surface area is 57.0 Å². The SMILES string of the molecule is CCCOP(Cl)CC. The maximum absolute atomic E-state index is 5.69. The summed E-state index contributed by atoms with van der Waals surface area (Å²) in [4.78, 5) is 0. The van der Waals surface area contributed by atoms with E-state index >= 15 is 0 Å². The molecule has 50 valence electrons. The van der Waals surface area contributed by atoms with Gasteiger partial charge in [-0.3, -0.25) is 0 Å². The van der Waals surface area contributed by atoms with Gasteiger partial charge in [0.05, 0.1) is 6.61 Å². The van der Waals surface area contributed by atoms with Crippen LogP contribution < -0.4 is 0 Å². The van der Waals surface area contributed by atoms with Gasteiger partial charge in [-0.25, -0.2) is 0 Å². The molecule has 8 heavy (non-hydrogen) atoms. The summed E-state index contributed by atoms with van der Waals surface area (Å²) in [6, 6.07) is 0. The summed E-state index contributed by atoms with van der Waals surface area (Å²) in [5, 5.41) is 0. The molecule has 0 saturated heterocycles. The highest BCUT2D eigenvalue weighted by atomic mass is 35.7. The Hall–Kier alpha value is 0.680. The van der Waals surface area contributed by atoms with Gasteiger partial charge >= 0.3 is 0 Å². The summed E-state index contributed by atoms with van der Waals surface area (Å²) in [6.45, 7) is 4.92. The fourth-order valence-electron chi connectivity index (χ4n) is 0.282. The Morgan fingerprint density at radius 1 is 1.50 bits per heavy atom. The van der Waals surface area contributed by atoms with Crippen LogP contribution in [0.4, 0.5) is 0 Å². The van der Waals surface area contributed by atoms with Gasteiger partial charge < -0.3 is 4.52 Å². The molecule has 0 spiro atoms. The molecule has 0 fully saturated rings. The third kappa shape index (κ3) is 4.83. The maximum atomic E-state index is 5.69. The van der Waals surface area contributed by atoms with Crippen molar-refractivity contribution in [2.75, 3.05) is 12.8 Å². The van der Waals surface area contributed by atoms with E-state index in [0.29, 0.717) is 0 Å². The minimum Gasteiger partial charge on any atom is -0.343 e. The van der Waals surface area contributed by atoms with Crippen molar-refractivity contribution in [3.63, 3.8) is 0 Å². The molecule has 0 heterocycles. The summed E-state index contributed by atoms with van der Waals surface area (Å²) < 4.78 is 5.17. The normalized spacial score (nSPS) is 13.9. The minimum atomic E-state index is -0.612. The van der Waals surface area contributed by atoms with Gasteiger partial charge in [0.15, 0.2) is 0 Å². The minimum absolute atomic E-state index is 0.612. The van der Waals surface area contributed by atoms with Crippen LogP contribution in [0.3, 0.4) is 0 Å². The molecule has 1 unspecified atom stereocenters. The van der Waals surface area contributed by atoms with Crippen LogP contribution in [0, 0.1) is 0 Å². The molecule has 0 aliphatic carbocycles. The lowest BCUT2D eigenvalue weighted by atomic mass is 10.5. The lowest BCUT2D eigenvalue weighted by Crippen LogP contribution is -1.83. The molecule has 0 aromatic rings. The molecular formula is C5H12ClOP. The Morgan fingerprint density at radius 2 is 2.12 bits per heavy atom. The Morgan fingerprint density at radius 3 is 2.50 bits per heavy atom. The van der Waals surface area contributed by atoms with Crippen LogP contribution in [0.25, 0.3) is 0 Å². The number of halogens is 1. The highest BCUT2D eigenvalue weighted by molar-refractivity contribution is 7.80. The quantitative estimate of drug-likeness (QED) is 0.566. The fourth-order valence-corrected chi connectivity index (χ4v) is 1.05. The van der Waals surface area contributed by atoms with Gasteiger partial charge in [0, 0.05) is 6.16 Å². The van der Waals surface area contributed by atoms with Crippen molar-refractivity contribution in [2.45, 2.75) is 20.3 Å². The Kier molecular flexibility index (Phi) is 6.30. The van der Waals surface area contributed by atoms with Crippen LogP contribution in [0.1, 0.15) is 20.3 Å². The van der Waals surface area contributed by atoms with Crippen molar-refractivity contribution in [2.24, 2.45) is 0 Å². The molecule has 3 heteroatoms. The average Bonchev–Trinajstić information content (AvgIpc) is 1.83. The van der Waals surface area contributed by atoms with E-state index < -0.39 is 7.50 Å². The number of hydrogen-bond donors (Lipinski definition) is 0. The average molecular weight is 155 g/mol. The third-order valence-electron chi connectivity index (χ3n) is 0.684. The van der Waals surface area contributed by atoms with Gasteiger partial charge in [-0.1, -0.05) is 25.1 Å². The van der Waals surface area contributed by atoms with Crippen molar-refractivity contribution < 1.29 is 4.52 Å². The second-order valence-electron chi connectivity index (χ2n) is 1.47. The molecule has 0 rings (SSSR count). The Balaban J connectivity index is 2.86. The predicted octanol–water partition coefficient (Wildman–Crippen LogP) is 2.98. The van der Waals surface area contributed by atoms with Crippen LogP contribution >= 0.6 is 18.7 Å². The summed E-state index contributed by atoms with van der Waals surface area (Å²) in [6.07, 6.45) is 2.02. The lowest BCUT2D eigenvalue weighted by Gasteiger charge is -2.04. The van der Waals surface area contributed by atoms with E-state index in [1.807, 2.05) is 6.92 Å². The van der Waals surface area contributed by atoms with Gasteiger partial charge in [-0.15, -0.1) is 0 Å². The molecule has 0 bridgehead atoms. The van der Waals surface area contributed by atoms with Gasteiger partial charge in [-0.2, -0.15) is 0 Å². The largest absolute Gasteiger partial charge is 0.343 e. The molecule has 0 saturated carbocycles. The summed E-state index contributed by atoms with van der Waals surface area (Å²) in [5.74, 6) is 0. The summed E-state index contributed by atoms with van der Waals surface area (Å²) in [7, 11) is -0.612. The third-order valence-corrected chi connectivity index (χ3v) is 2.65. The van der Waals surface area contributed by atoms with E-state index in [0.717, 1.165) is 19.2 Å². The first-order valence-electron chi connectivity index (χ1n) is 2.87. The molecule has 1 nitrogen and oxygen atoms in total. The molecule has 0 aliphatic heterocycles. The van der Waals surface area contributed by atoms with Gasteiger partial charge in [0.1, 0.15) is 7.50 Å². The maximum Gasteiger partial charge on any atom is 0.124 e. The van der Waals surface area contributed by atoms with Gasteiger partial charge in [0.25, 0.3) is 0 Å². The zero-order valence-electron chi connectivity index (χ0n) is 5.35. The van der Waals surface area contributed by atoms with Crippen LogP contribution in [0.2, 0.25) is 0 Å². The van der Waals surface area contributed by atoms with Crippen molar-refractivity contribution in [1.29, 1.82) is 0 Å². The number of hydrogen-bond acceptors (Lipinski definition) is 1. The van der Waals surface area contributed by atoms with Gasteiger partial charge in [0.2, 0.25) is 0 Å². The van der Waals surface area contributed by atoms with Crippen molar-refractivity contribution in [3.05, 3.63) is 0 Å². The first-order valence-corrected chi connectivity index (χ1v) is 5.22. The standard InChI is InChI=1S/C5H12ClOP/c1-3-5-7-8(6)4-2/h3-5H2,1-2H3. The summed E-state index contributed by atoms with van der Waals surface area (Å²) >= 11 is 5.69. The van der Waals surface area contributed by atoms with E-state index in [2.05, 4.69) is 6.92 Å². The molecular weight excluding hydrogens is 142 g/mol. The molecule has 0 N–H and O–H groups in total. The smallest absolute Gasteiger partial charge is 0.124 e. The Bertz CT molecular complexity index is 51.7. The second kappa shape index (κ2) is 5.81. The zero-order valence-corrected chi connectivity index (χ0v) is 7.01. The number of rotatable bonds is 4. The van der Waals surface area contributed by atoms with Crippen LogP contribution in [-0.4, -0.2) is 12.8 Å². The first kappa shape index (κ1) is 8.68. The van der Waals surface area contributed by atoms with Crippen molar-refractivity contribution in [1.82, 2.24) is 0 Å². The topological polar surface area (TPSA) is 9.23 Å². The predicted molar refractivity (Wildman–Crippen MR) is 39.6 cm³/mol. The highest BCUT2D eigenvalue weighted by Gasteiger charge is 1.97. The molecule has 1 atom stereocenters. The molecule has 0 aromatic heterocycles. The van der Waals surface area contributed by atoms with Crippen LogP contribution in [0.15, 0.2) is 0 Å². The molecule has 0 radical (unpaired) electrons. The molecule has 0 aliphatic rings. The van der Waals surface area contributed by atoms with Gasteiger partial charge in [-0.05, 0) is 6.42 Å². The zero-order chi connectivity index (χ0) is 6.41. The van der Waals surface area contributed by atoms with E-state index in [9.17, 15) is 0 Å². The van der Waals surface area contributed by atoms with Crippen molar-refractivity contribution >= 4 is 18.7 Å². The van der Waals surface area contributed by atoms with E-state index in [4.69, 9.17) is 15.8 Å². The van der Waals surface area contributed by atoms with Crippen molar-refractivity contribution in [3.8, 4) is 0 Å². The highest BCUT2D eigenvalue weighted by Crippen LogP contribution is 2.41. The molecule has 0 aromatic carbocycles. The van der Waals surface area contributed by atoms with E-state index in [-0.39, 0.29) is 0 Å².